The Bertz CT molecular complexity index is 310. The summed E-state index contributed by atoms with van der Waals surface area (Å²) in [4.78, 5) is 0. The normalized spacial score (nSPS) is 52.0. The van der Waals surface area contributed by atoms with E-state index in [1.54, 1.807) is 0 Å². The molecule has 1 saturated carbocycles. The van der Waals surface area contributed by atoms with E-state index < -0.39 is 0 Å². The fourth-order valence-electron chi connectivity index (χ4n) is 3.88. The Morgan fingerprint density at radius 2 is 2.20 bits per heavy atom. The fourth-order valence-corrected chi connectivity index (χ4v) is 3.88. The third kappa shape index (κ3) is 0.944. The zero-order valence-electron chi connectivity index (χ0n) is 9.82. The van der Waals surface area contributed by atoms with Crippen molar-refractivity contribution in [2.24, 2.45) is 17.3 Å². The first-order chi connectivity index (χ1) is 7.13. The quantitative estimate of drug-likeness (QED) is 0.659. The molecule has 84 valence electrons. The summed E-state index contributed by atoms with van der Waals surface area (Å²) in [5.74, 6) is 1.21. The van der Waals surface area contributed by atoms with Gasteiger partial charge in [0.2, 0.25) is 0 Å². The predicted octanol–water partition coefficient (Wildman–Crippen LogP) is 2.74. The van der Waals surface area contributed by atoms with Crippen LogP contribution in [0.2, 0.25) is 0 Å². The maximum Gasteiger partial charge on any atom is 0.130 e. The molecule has 2 aliphatic heterocycles. The first kappa shape index (κ1) is 9.71. The van der Waals surface area contributed by atoms with Gasteiger partial charge in [-0.2, -0.15) is 0 Å². The van der Waals surface area contributed by atoms with Crippen LogP contribution in [0.3, 0.4) is 0 Å². The molecule has 4 atom stereocenters. The van der Waals surface area contributed by atoms with Crippen LogP contribution in [0.15, 0.2) is 12.3 Å². The molecular formula is C13H20O2. The number of hydrogen-bond acceptors (Lipinski definition) is 2. The summed E-state index contributed by atoms with van der Waals surface area (Å²) in [6, 6.07) is 0. The van der Waals surface area contributed by atoms with Crippen LogP contribution < -0.4 is 0 Å². The van der Waals surface area contributed by atoms with Crippen molar-refractivity contribution in [3.63, 3.8) is 0 Å². The van der Waals surface area contributed by atoms with Gasteiger partial charge >= 0.3 is 0 Å². The number of hydrogen-bond donors (Lipinski definition) is 0. The Kier molecular flexibility index (Phi) is 1.80. The molecular weight excluding hydrogens is 188 g/mol. The van der Waals surface area contributed by atoms with Crippen molar-refractivity contribution in [1.82, 2.24) is 0 Å². The monoisotopic (exact) mass is 208 g/mol. The molecule has 2 heteroatoms. The predicted molar refractivity (Wildman–Crippen MR) is 58.4 cm³/mol. The topological polar surface area (TPSA) is 18.5 Å². The standard InChI is InChI=1S/C13H20O2/c1-9(2)11-13-10(5-4-7-15-13)12(13,3)6-8-14-11/h6,8-11H,4-5,7H2,1-3H3/t10-,11+,12-,13+/m0/s1. The first-order valence-electron chi connectivity index (χ1n) is 6.10. The van der Waals surface area contributed by atoms with Gasteiger partial charge in [0.25, 0.3) is 0 Å². The van der Waals surface area contributed by atoms with Gasteiger partial charge in [-0.1, -0.05) is 20.8 Å². The van der Waals surface area contributed by atoms with Crippen molar-refractivity contribution in [1.29, 1.82) is 0 Å². The molecule has 2 nitrogen and oxygen atoms in total. The summed E-state index contributed by atoms with van der Waals surface area (Å²) in [7, 11) is 0. The molecule has 15 heavy (non-hydrogen) atoms. The highest BCUT2D eigenvalue weighted by atomic mass is 16.6. The molecule has 0 N–H and O–H groups in total. The molecule has 0 bridgehead atoms. The van der Waals surface area contributed by atoms with Crippen LogP contribution >= 0.6 is 0 Å². The minimum Gasteiger partial charge on any atom is -0.495 e. The molecule has 2 fully saturated rings. The molecule has 3 aliphatic rings. The van der Waals surface area contributed by atoms with E-state index in [2.05, 4.69) is 26.8 Å². The zero-order valence-corrected chi connectivity index (χ0v) is 9.82. The summed E-state index contributed by atoms with van der Waals surface area (Å²) in [6.07, 6.45) is 6.88. The van der Waals surface area contributed by atoms with Gasteiger partial charge in [-0.15, -0.1) is 0 Å². The molecule has 0 aromatic carbocycles. The van der Waals surface area contributed by atoms with E-state index >= 15 is 0 Å². The molecule has 2 heterocycles. The van der Waals surface area contributed by atoms with E-state index in [-0.39, 0.29) is 17.1 Å². The van der Waals surface area contributed by atoms with E-state index in [1.807, 2.05) is 6.26 Å². The van der Waals surface area contributed by atoms with Crippen LogP contribution in [-0.2, 0) is 9.47 Å². The lowest BCUT2D eigenvalue weighted by Gasteiger charge is -2.36. The molecule has 3 rings (SSSR count). The van der Waals surface area contributed by atoms with Gasteiger partial charge in [-0.05, 0) is 24.8 Å². The van der Waals surface area contributed by atoms with Crippen molar-refractivity contribution < 1.29 is 9.47 Å². The first-order valence-corrected chi connectivity index (χ1v) is 6.10. The van der Waals surface area contributed by atoms with Gasteiger partial charge < -0.3 is 9.47 Å². The number of rotatable bonds is 1. The minimum absolute atomic E-state index is 0.00810. The Balaban J connectivity index is 1.99. The Morgan fingerprint density at radius 1 is 1.40 bits per heavy atom. The van der Waals surface area contributed by atoms with Crippen molar-refractivity contribution in [3.8, 4) is 0 Å². The Labute approximate surface area is 91.6 Å². The number of fused-ring (bicyclic) bond motifs is 1. The van der Waals surface area contributed by atoms with Crippen LogP contribution in [0.4, 0.5) is 0 Å². The van der Waals surface area contributed by atoms with Gasteiger partial charge in [0.1, 0.15) is 11.7 Å². The Morgan fingerprint density at radius 3 is 2.93 bits per heavy atom. The van der Waals surface area contributed by atoms with Gasteiger partial charge in [-0.25, -0.2) is 0 Å². The van der Waals surface area contributed by atoms with E-state index in [1.165, 1.54) is 12.8 Å². The van der Waals surface area contributed by atoms with Gasteiger partial charge in [0.15, 0.2) is 0 Å². The van der Waals surface area contributed by atoms with Crippen LogP contribution in [-0.4, -0.2) is 18.3 Å². The zero-order chi connectivity index (χ0) is 10.7. The van der Waals surface area contributed by atoms with Crippen molar-refractivity contribution >= 4 is 0 Å². The lowest BCUT2D eigenvalue weighted by molar-refractivity contribution is -0.120. The van der Waals surface area contributed by atoms with Crippen molar-refractivity contribution in [3.05, 3.63) is 12.3 Å². The fraction of sp³-hybridized carbons (Fsp3) is 0.846. The molecule has 1 spiro atoms. The van der Waals surface area contributed by atoms with Crippen LogP contribution in [0.25, 0.3) is 0 Å². The highest BCUT2D eigenvalue weighted by Gasteiger charge is 2.79. The summed E-state index contributed by atoms with van der Waals surface area (Å²) in [5.41, 5.74) is 0.255. The highest BCUT2D eigenvalue weighted by molar-refractivity contribution is 5.35. The van der Waals surface area contributed by atoms with E-state index in [4.69, 9.17) is 9.47 Å². The largest absolute Gasteiger partial charge is 0.495 e. The minimum atomic E-state index is 0.00810. The van der Waals surface area contributed by atoms with Crippen molar-refractivity contribution in [2.75, 3.05) is 6.61 Å². The molecule has 1 saturated heterocycles. The van der Waals surface area contributed by atoms with Crippen LogP contribution in [0.5, 0.6) is 0 Å². The SMILES string of the molecule is CC(C)[C@H]1OC=C[C@@]2(C)[C@@H]3CCCO[C@@]132. The average molecular weight is 208 g/mol. The van der Waals surface area contributed by atoms with Gasteiger partial charge in [0.05, 0.1) is 6.26 Å². The van der Waals surface area contributed by atoms with E-state index in [0.29, 0.717) is 11.8 Å². The smallest absolute Gasteiger partial charge is 0.130 e. The highest BCUT2D eigenvalue weighted by Crippen LogP contribution is 2.72. The summed E-state index contributed by atoms with van der Waals surface area (Å²) in [5, 5.41) is 0. The number of ether oxygens (including phenoxy) is 2. The molecule has 0 amide bonds. The molecule has 1 aliphatic carbocycles. The second-order valence-electron chi connectivity index (χ2n) is 5.72. The third-order valence-electron chi connectivity index (χ3n) is 4.65. The van der Waals surface area contributed by atoms with Crippen LogP contribution in [0, 0.1) is 17.3 Å². The Hall–Kier alpha value is -0.500. The van der Waals surface area contributed by atoms with Gasteiger partial charge in [0, 0.05) is 17.9 Å². The van der Waals surface area contributed by atoms with E-state index in [0.717, 1.165) is 6.61 Å². The summed E-state index contributed by atoms with van der Waals surface area (Å²) >= 11 is 0. The van der Waals surface area contributed by atoms with Crippen molar-refractivity contribution in [2.45, 2.75) is 45.3 Å². The van der Waals surface area contributed by atoms with Gasteiger partial charge in [-0.3, -0.25) is 0 Å². The molecule has 0 unspecified atom stereocenters. The maximum atomic E-state index is 6.14. The second-order valence-corrected chi connectivity index (χ2v) is 5.72. The average Bonchev–Trinajstić information content (AvgIpc) is 2.79. The second kappa shape index (κ2) is 2.79. The summed E-state index contributed by atoms with van der Waals surface area (Å²) in [6.45, 7) is 7.70. The van der Waals surface area contributed by atoms with Crippen LogP contribution in [0.1, 0.15) is 33.6 Å². The molecule has 0 radical (unpaired) electrons. The maximum absolute atomic E-state index is 6.14. The lowest BCUT2D eigenvalue weighted by atomic mass is 9.90. The third-order valence-corrected chi connectivity index (χ3v) is 4.65. The molecule has 0 aromatic heterocycles. The lowest BCUT2D eigenvalue weighted by Crippen LogP contribution is -2.44. The van der Waals surface area contributed by atoms with E-state index in [9.17, 15) is 0 Å². The summed E-state index contributed by atoms with van der Waals surface area (Å²) < 4.78 is 12.0. The molecule has 0 aromatic rings.